The summed E-state index contributed by atoms with van der Waals surface area (Å²) in [6.45, 7) is 12.3. The minimum atomic E-state index is -1.78. The summed E-state index contributed by atoms with van der Waals surface area (Å²) in [5.74, 6) is 0.0537. The van der Waals surface area contributed by atoms with Gasteiger partial charge in [0.25, 0.3) is 0 Å². The molecule has 0 spiro atoms. The molecule has 318 valence electrons. The van der Waals surface area contributed by atoms with E-state index in [9.17, 15) is 14.4 Å². The second-order valence-electron chi connectivity index (χ2n) is 16.1. The predicted molar refractivity (Wildman–Crippen MR) is 233 cm³/mol. The van der Waals surface area contributed by atoms with Crippen molar-refractivity contribution < 1.29 is 51.7 Å². The highest BCUT2D eigenvalue weighted by atomic mass is 28.4. The van der Waals surface area contributed by atoms with Crippen LogP contribution in [0.25, 0.3) is 10.8 Å². The molecule has 13 heteroatoms. The molecule has 0 unspecified atom stereocenters. The Morgan fingerprint density at radius 2 is 1.29 bits per heavy atom. The molecule has 0 atom stereocenters. The number of unbranched alkanes of at least 4 members (excludes halogenated alkanes) is 1. The molecule has 1 heterocycles. The Bertz CT molecular complexity index is 2000. The lowest BCUT2D eigenvalue weighted by atomic mass is 9.78. The number of rotatable bonds is 21. The molecule has 59 heavy (non-hydrogen) atoms. The molecule has 5 rings (SSSR count). The molecular formula is C46H60O11Si2. The number of ether oxygens (including phenoxy) is 7. The van der Waals surface area contributed by atoms with Crippen LogP contribution < -0.4 is 18.9 Å². The maximum absolute atomic E-state index is 13.6. The highest BCUT2D eigenvalue weighted by molar-refractivity contribution is 6.84. The first-order valence-corrected chi connectivity index (χ1v) is 26.8. The van der Waals surface area contributed by atoms with Gasteiger partial charge in [-0.1, -0.05) is 68.3 Å². The van der Waals surface area contributed by atoms with Crippen molar-refractivity contribution in [2.75, 3.05) is 41.2 Å². The SMILES string of the molecule is CCCC[Si](C)(C)O[Si](C)(C)CCCOCCOC(=O)CCC(=O)Oc1c(C(=O)OC)c2c(c3ccccc13)OC(c1ccc(OC)cc1)(c1ccc(OC)cc1)CC2. The Kier molecular flexibility index (Phi) is 15.8. The number of fused-ring (bicyclic) bond motifs is 3. The number of methoxy groups -OCH3 is 3. The summed E-state index contributed by atoms with van der Waals surface area (Å²) in [5.41, 5.74) is 1.49. The maximum atomic E-state index is 13.6. The van der Waals surface area contributed by atoms with Gasteiger partial charge in [0.2, 0.25) is 0 Å². The van der Waals surface area contributed by atoms with Gasteiger partial charge in [0.1, 0.15) is 29.4 Å². The molecule has 4 aromatic rings. The Balaban J connectivity index is 1.26. The van der Waals surface area contributed by atoms with E-state index in [-0.39, 0.29) is 37.4 Å². The molecule has 0 aliphatic carbocycles. The molecule has 0 amide bonds. The van der Waals surface area contributed by atoms with Gasteiger partial charge >= 0.3 is 17.9 Å². The first-order valence-electron chi connectivity index (χ1n) is 20.5. The lowest BCUT2D eigenvalue weighted by Gasteiger charge is -2.41. The summed E-state index contributed by atoms with van der Waals surface area (Å²) in [7, 11) is 1.09. The number of carbonyl (C=O) groups is 3. The van der Waals surface area contributed by atoms with Crippen molar-refractivity contribution in [3.8, 4) is 23.0 Å². The average molecular weight is 845 g/mol. The van der Waals surface area contributed by atoms with E-state index >= 15 is 0 Å². The van der Waals surface area contributed by atoms with Crippen LogP contribution in [0, 0.1) is 0 Å². The Morgan fingerprint density at radius 1 is 0.712 bits per heavy atom. The molecular weight excluding hydrogens is 785 g/mol. The zero-order chi connectivity index (χ0) is 42.6. The van der Waals surface area contributed by atoms with Crippen LogP contribution in [0.3, 0.4) is 0 Å². The zero-order valence-electron chi connectivity index (χ0n) is 35.9. The van der Waals surface area contributed by atoms with Gasteiger partial charge in [-0.05, 0) is 81.8 Å². The van der Waals surface area contributed by atoms with Gasteiger partial charge in [0.05, 0.1) is 40.8 Å². The van der Waals surface area contributed by atoms with Crippen molar-refractivity contribution in [3.63, 3.8) is 0 Å². The summed E-state index contributed by atoms with van der Waals surface area (Å²) in [4.78, 5) is 39.6. The van der Waals surface area contributed by atoms with Gasteiger partial charge in [-0.2, -0.15) is 0 Å². The second kappa shape index (κ2) is 20.5. The van der Waals surface area contributed by atoms with E-state index < -0.39 is 40.1 Å². The largest absolute Gasteiger partial charge is 0.497 e. The number of esters is 3. The maximum Gasteiger partial charge on any atom is 0.342 e. The summed E-state index contributed by atoms with van der Waals surface area (Å²) in [5, 5.41) is 1.14. The quantitative estimate of drug-likeness (QED) is 0.0345. The van der Waals surface area contributed by atoms with Crippen molar-refractivity contribution in [2.45, 2.75) is 95.7 Å². The first kappa shape index (κ1) is 45.4. The van der Waals surface area contributed by atoms with Gasteiger partial charge in [-0.3, -0.25) is 9.59 Å². The highest BCUT2D eigenvalue weighted by Gasteiger charge is 2.43. The highest BCUT2D eigenvalue weighted by Crippen LogP contribution is 2.51. The normalized spacial score (nSPS) is 13.6. The zero-order valence-corrected chi connectivity index (χ0v) is 37.9. The van der Waals surface area contributed by atoms with E-state index in [1.165, 1.54) is 26.0 Å². The molecule has 4 aromatic carbocycles. The monoisotopic (exact) mass is 844 g/mol. The molecule has 0 saturated carbocycles. The van der Waals surface area contributed by atoms with Crippen LogP contribution in [0.5, 0.6) is 23.0 Å². The van der Waals surface area contributed by atoms with Gasteiger partial charge < -0.3 is 37.3 Å². The van der Waals surface area contributed by atoms with E-state index in [2.05, 4.69) is 33.1 Å². The standard InChI is InChI=1S/C46H60O11Si2/c1-9-10-31-58(5,6)57-59(7,8)32-13-28-53-29-30-54-40(47)24-25-41(48)55-44-38-15-12-11-14-37(38)43-39(42(44)45(49)52-4)26-27-46(56-43,33-16-20-35(50-2)21-17-33)34-18-22-36(51-3)23-19-34/h11-12,14-23H,9-10,13,24-32H2,1-8H3. The van der Waals surface area contributed by atoms with Gasteiger partial charge in [0.15, 0.2) is 28.0 Å². The number of benzene rings is 4. The minimum Gasteiger partial charge on any atom is -0.497 e. The lowest BCUT2D eigenvalue weighted by Crippen LogP contribution is -2.44. The third-order valence-electron chi connectivity index (χ3n) is 10.7. The molecule has 1 aliphatic heterocycles. The van der Waals surface area contributed by atoms with Crippen LogP contribution in [0.4, 0.5) is 0 Å². The van der Waals surface area contributed by atoms with Crippen molar-refractivity contribution in [1.29, 1.82) is 0 Å². The number of hydrogen-bond acceptors (Lipinski definition) is 11. The molecule has 0 aromatic heterocycles. The van der Waals surface area contributed by atoms with E-state index in [4.69, 9.17) is 37.3 Å². The third kappa shape index (κ3) is 11.5. The lowest BCUT2D eigenvalue weighted by molar-refractivity contribution is -0.148. The van der Waals surface area contributed by atoms with E-state index in [0.717, 1.165) is 23.6 Å². The van der Waals surface area contributed by atoms with E-state index in [1.807, 2.05) is 60.7 Å². The van der Waals surface area contributed by atoms with Crippen molar-refractivity contribution in [1.82, 2.24) is 0 Å². The molecule has 0 bridgehead atoms. The van der Waals surface area contributed by atoms with Gasteiger partial charge in [-0.15, -0.1) is 0 Å². The summed E-state index contributed by atoms with van der Waals surface area (Å²) >= 11 is 0. The summed E-state index contributed by atoms with van der Waals surface area (Å²) in [6.07, 6.45) is 3.67. The molecule has 0 radical (unpaired) electrons. The fourth-order valence-electron chi connectivity index (χ4n) is 7.84. The van der Waals surface area contributed by atoms with Crippen LogP contribution in [0.2, 0.25) is 38.3 Å². The van der Waals surface area contributed by atoms with Crippen LogP contribution in [0.1, 0.15) is 72.5 Å². The van der Waals surface area contributed by atoms with Crippen LogP contribution in [-0.4, -0.2) is 75.7 Å². The van der Waals surface area contributed by atoms with Gasteiger partial charge in [0, 0.05) is 34.1 Å². The van der Waals surface area contributed by atoms with E-state index in [0.29, 0.717) is 53.0 Å². The van der Waals surface area contributed by atoms with Crippen molar-refractivity contribution >= 4 is 45.3 Å². The Labute approximate surface area is 350 Å². The molecule has 1 aliphatic rings. The smallest absolute Gasteiger partial charge is 0.342 e. The van der Waals surface area contributed by atoms with Crippen LogP contribution in [-0.2, 0) is 39.9 Å². The Hall–Kier alpha value is -4.70. The van der Waals surface area contributed by atoms with Crippen molar-refractivity contribution in [2.24, 2.45) is 0 Å². The van der Waals surface area contributed by atoms with Crippen LogP contribution in [0.15, 0.2) is 72.8 Å². The molecule has 0 saturated heterocycles. The number of hydrogen-bond donors (Lipinski definition) is 0. The summed E-state index contributed by atoms with van der Waals surface area (Å²) in [6, 6.07) is 25.0. The van der Waals surface area contributed by atoms with Gasteiger partial charge in [-0.25, -0.2) is 4.79 Å². The minimum absolute atomic E-state index is 0.0615. The molecule has 0 fully saturated rings. The first-order chi connectivity index (χ1) is 28.3. The van der Waals surface area contributed by atoms with Crippen molar-refractivity contribution in [3.05, 3.63) is 95.1 Å². The fourth-order valence-corrected chi connectivity index (χ4v) is 16.8. The van der Waals surface area contributed by atoms with E-state index in [1.54, 1.807) is 26.4 Å². The van der Waals surface area contributed by atoms with Crippen LogP contribution >= 0.6 is 0 Å². The topological polar surface area (TPSA) is 125 Å². The number of carbonyl (C=O) groups excluding carboxylic acids is 3. The fraction of sp³-hybridized carbons (Fsp3) is 0.457. The third-order valence-corrected chi connectivity index (χ3v) is 18.3. The Morgan fingerprint density at radius 3 is 1.86 bits per heavy atom. The second-order valence-corrected chi connectivity index (χ2v) is 24.9. The summed E-state index contributed by atoms with van der Waals surface area (Å²) < 4.78 is 47.0. The molecule has 11 nitrogen and oxygen atoms in total. The molecule has 0 N–H and O–H groups in total. The average Bonchev–Trinajstić information content (AvgIpc) is 3.24. The predicted octanol–water partition coefficient (Wildman–Crippen LogP) is 9.77.